The summed E-state index contributed by atoms with van der Waals surface area (Å²) in [4.78, 5) is 20.0. The summed E-state index contributed by atoms with van der Waals surface area (Å²) in [5.74, 6) is 0. The Bertz CT molecular complexity index is 1450. The highest BCUT2D eigenvalue weighted by Gasteiger charge is 2.33. The largest absolute Gasteiger partial charge is 0.465 e. The van der Waals surface area contributed by atoms with Crippen LogP contribution < -0.4 is 0 Å². The summed E-state index contributed by atoms with van der Waals surface area (Å²) in [6.45, 7) is 0.923. The zero-order valence-corrected chi connectivity index (χ0v) is 19.6. The number of pyridine rings is 1. The Kier molecular flexibility index (Phi) is 6.21. The van der Waals surface area contributed by atoms with Crippen molar-refractivity contribution >= 4 is 40.9 Å². The van der Waals surface area contributed by atoms with E-state index in [0.29, 0.717) is 37.1 Å². The monoisotopic (exact) mass is 515 g/mol. The van der Waals surface area contributed by atoms with Gasteiger partial charge < -0.3 is 15.0 Å². The summed E-state index contributed by atoms with van der Waals surface area (Å²) in [5.41, 5.74) is 2.01. The Morgan fingerprint density at radius 2 is 1.94 bits per heavy atom. The van der Waals surface area contributed by atoms with Crippen LogP contribution in [0.2, 0.25) is 5.02 Å². The van der Waals surface area contributed by atoms with Gasteiger partial charge in [0.25, 0.3) is 0 Å². The number of hydrogen-bond acceptors (Lipinski definition) is 3. The molecule has 1 aliphatic heterocycles. The van der Waals surface area contributed by atoms with Gasteiger partial charge in [-0.25, -0.2) is 9.78 Å². The average molecular weight is 516 g/mol. The lowest BCUT2D eigenvalue weighted by molar-refractivity contribution is -0.137. The number of H-pyrrole nitrogens is 1. The number of amides is 1. The third-order valence-corrected chi connectivity index (χ3v) is 6.72. The van der Waals surface area contributed by atoms with E-state index in [1.54, 1.807) is 24.7 Å². The second kappa shape index (κ2) is 9.34. The Balaban J connectivity index is 1.41. The van der Waals surface area contributed by atoms with E-state index >= 15 is 0 Å². The van der Waals surface area contributed by atoms with Crippen LogP contribution in [-0.4, -0.2) is 48.9 Å². The molecule has 4 aromatic rings. The van der Waals surface area contributed by atoms with Crippen LogP contribution in [0.25, 0.3) is 34.3 Å². The third-order valence-electron chi connectivity index (χ3n) is 6.39. The Morgan fingerprint density at radius 1 is 1.17 bits per heavy atom. The molecule has 2 N–H and O–H groups in total. The number of aromatic nitrogens is 4. The third kappa shape index (κ3) is 4.68. The van der Waals surface area contributed by atoms with Crippen molar-refractivity contribution in [3.05, 3.63) is 70.8 Å². The van der Waals surface area contributed by atoms with E-state index in [2.05, 4.69) is 15.1 Å². The Morgan fingerprint density at radius 3 is 2.67 bits per heavy atom. The predicted octanol–water partition coefficient (Wildman–Crippen LogP) is 6.58. The quantitative estimate of drug-likeness (QED) is 0.321. The molecule has 0 radical (unpaired) electrons. The van der Waals surface area contributed by atoms with Gasteiger partial charge in [-0.1, -0.05) is 29.8 Å². The molecular weight excluding hydrogens is 495 g/mol. The van der Waals surface area contributed by atoms with Crippen molar-refractivity contribution in [3.63, 3.8) is 0 Å². The first-order chi connectivity index (χ1) is 17.2. The molecule has 7 nitrogen and oxygen atoms in total. The lowest BCUT2D eigenvalue weighted by Crippen LogP contribution is -2.38. The minimum atomic E-state index is -4.52. The van der Waals surface area contributed by atoms with Crippen molar-refractivity contribution in [2.45, 2.75) is 25.1 Å². The van der Waals surface area contributed by atoms with E-state index < -0.39 is 17.8 Å². The normalized spacial score (nSPS) is 15.3. The number of fused-ring (bicyclic) bond motifs is 1. The van der Waals surface area contributed by atoms with Crippen LogP contribution in [-0.2, 0) is 6.18 Å². The van der Waals surface area contributed by atoms with E-state index in [-0.39, 0.29) is 16.6 Å². The number of hydrogen-bond donors (Lipinski definition) is 2. The minimum absolute atomic E-state index is 0.0151. The maximum Gasteiger partial charge on any atom is 0.417 e. The maximum absolute atomic E-state index is 13.4. The molecule has 0 spiro atoms. The Labute approximate surface area is 208 Å². The van der Waals surface area contributed by atoms with Gasteiger partial charge in [0.15, 0.2) is 0 Å². The van der Waals surface area contributed by atoms with Gasteiger partial charge in [0.2, 0.25) is 0 Å². The van der Waals surface area contributed by atoms with Crippen molar-refractivity contribution in [3.8, 4) is 11.1 Å². The molecule has 186 valence electrons. The van der Waals surface area contributed by atoms with Crippen molar-refractivity contribution in [1.82, 2.24) is 24.6 Å². The van der Waals surface area contributed by atoms with E-state index in [1.807, 2.05) is 16.9 Å². The zero-order valence-electron chi connectivity index (χ0n) is 18.8. The van der Waals surface area contributed by atoms with Crippen molar-refractivity contribution in [2.24, 2.45) is 0 Å². The fourth-order valence-electron chi connectivity index (χ4n) is 4.45. The highest BCUT2D eigenvalue weighted by atomic mass is 35.5. The van der Waals surface area contributed by atoms with E-state index in [4.69, 9.17) is 16.7 Å². The topological polar surface area (TPSA) is 87.0 Å². The average Bonchev–Trinajstić information content (AvgIpc) is 3.50. The van der Waals surface area contributed by atoms with E-state index in [9.17, 15) is 18.0 Å². The van der Waals surface area contributed by atoms with Crippen LogP contribution >= 0.6 is 11.6 Å². The first-order valence-electron chi connectivity index (χ1n) is 11.2. The fourth-order valence-corrected chi connectivity index (χ4v) is 4.69. The molecule has 4 heterocycles. The maximum atomic E-state index is 13.4. The number of carboxylic acid groups (broad SMARTS) is 1. The minimum Gasteiger partial charge on any atom is -0.465 e. The summed E-state index contributed by atoms with van der Waals surface area (Å²) in [6.07, 6.45) is 5.90. The number of nitrogens with zero attached hydrogens (tertiary/aromatic N) is 4. The van der Waals surface area contributed by atoms with Gasteiger partial charge in [-0.05, 0) is 31.0 Å². The molecule has 1 fully saturated rings. The number of alkyl halides is 3. The van der Waals surface area contributed by atoms with Crippen LogP contribution in [0.1, 0.15) is 35.6 Å². The van der Waals surface area contributed by atoms with Crippen LogP contribution in [0.3, 0.4) is 0 Å². The Hall–Kier alpha value is -3.79. The highest BCUT2D eigenvalue weighted by molar-refractivity contribution is 6.32. The van der Waals surface area contributed by atoms with Gasteiger partial charge in [0, 0.05) is 64.3 Å². The molecule has 0 atom stereocenters. The fraction of sp³-hybridized carbons (Fsp3) is 0.240. The number of piperidine rings is 1. The number of benzene rings is 1. The molecule has 1 aliphatic rings. The molecule has 1 amide bonds. The molecule has 0 unspecified atom stereocenters. The number of aromatic amines is 1. The summed E-state index contributed by atoms with van der Waals surface area (Å²) >= 11 is 6.08. The van der Waals surface area contributed by atoms with Gasteiger partial charge in [0.1, 0.15) is 5.65 Å². The van der Waals surface area contributed by atoms with Gasteiger partial charge in [-0.15, -0.1) is 0 Å². The summed E-state index contributed by atoms with van der Waals surface area (Å²) in [5, 5.41) is 14.4. The smallest absolute Gasteiger partial charge is 0.417 e. The van der Waals surface area contributed by atoms with Crippen molar-refractivity contribution in [1.29, 1.82) is 0 Å². The molecule has 3 aromatic heterocycles. The number of likely N-dealkylation sites (tertiary alicyclic amines) is 1. The lowest BCUT2D eigenvalue weighted by Gasteiger charge is -2.30. The lowest BCUT2D eigenvalue weighted by atomic mass is 10.0. The summed E-state index contributed by atoms with van der Waals surface area (Å²) < 4.78 is 42.2. The summed E-state index contributed by atoms with van der Waals surface area (Å²) in [6, 6.07) is 5.72. The predicted molar refractivity (Wildman–Crippen MR) is 131 cm³/mol. The van der Waals surface area contributed by atoms with E-state index in [0.717, 1.165) is 22.6 Å². The molecule has 11 heteroatoms. The first-order valence-corrected chi connectivity index (χ1v) is 11.6. The van der Waals surface area contributed by atoms with Crippen molar-refractivity contribution < 1.29 is 23.1 Å². The zero-order chi connectivity index (χ0) is 25.4. The van der Waals surface area contributed by atoms with Gasteiger partial charge in [-0.2, -0.15) is 18.3 Å². The van der Waals surface area contributed by atoms with Crippen LogP contribution in [0.4, 0.5) is 18.0 Å². The number of rotatable bonds is 4. The van der Waals surface area contributed by atoms with Gasteiger partial charge in [0.05, 0.1) is 17.8 Å². The van der Waals surface area contributed by atoms with Crippen molar-refractivity contribution in [2.75, 3.05) is 13.1 Å². The van der Waals surface area contributed by atoms with Gasteiger partial charge >= 0.3 is 12.3 Å². The molecule has 5 rings (SSSR count). The molecular formula is C25H21ClF3N5O2. The van der Waals surface area contributed by atoms with Crippen LogP contribution in [0.5, 0.6) is 0 Å². The SMILES string of the molecule is O=C(O)N1CCC(n2cc(-c3cnc4[nH]cc(/C=C/c5c(Cl)cccc5C(F)(F)F)c4c3)cn2)CC1. The number of nitrogens with one attached hydrogen (secondary N) is 1. The van der Waals surface area contributed by atoms with Crippen LogP contribution in [0, 0.1) is 0 Å². The molecule has 1 saturated heterocycles. The number of carbonyl (C=O) groups is 1. The molecule has 0 aliphatic carbocycles. The first kappa shape index (κ1) is 23.9. The van der Waals surface area contributed by atoms with E-state index in [1.165, 1.54) is 23.1 Å². The molecule has 36 heavy (non-hydrogen) atoms. The second-order valence-electron chi connectivity index (χ2n) is 8.61. The van der Waals surface area contributed by atoms with Gasteiger partial charge in [-0.3, -0.25) is 4.68 Å². The molecule has 0 bridgehead atoms. The molecule has 0 saturated carbocycles. The number of halogens is 4. The molecule has 1 aromatic carbocycles. The van der Waals surface area contributed by atoms with Crippen LogP contribution in [0.15, 0.2) is 49.1 Å². The summed E-state index contributed by atoms with van der Waals surface area (Å²) in [7, 11) is 0. The standard InChI is InChI=1S/C25H21ClF3N5O2/c26-22-3-1-2-21(25(27,28)29)19(22)5-4-15-11-30-23-20(15)10-16(12-31-23)17-13-32-34(14-17)18-6-8-33(9-7-18)24(35)36/h1-5,10-14,18H,6-9H2,(H,30,31)(H,35,36)/b5-4+. The second-order valence-corrected chi connectivity index (χ2v) is 9.01. The highest BCUT2D eigenvalue weighted by Crippen LogP contribution is 2.36.